The van der Waals surface area contributed by atoms with Gasteiger partial charge in [0.15, 0.2) is 0 Å². The second kappa shape index (κ2) is 12.9. The average Bonchev–Trinajstić information content (AvgIpc) is 3.23. The van der Waals surface area contributed by atoms with Crippen LogP contribution in [0.4, 0.5) is 0 Å². The lowest BCUT2D eigenvalue weighted by molar-refractivity contribution is -0.144. The first-order valence-electron chi connectivity index (χ1n) is 10.1. The van der Waals surface area contributed by atoms with Crippen molar-refractivity contribution in [2.24, 2.45) is 11.5 Å². The van der Waals surface area contributed by atoms with Crippen LogP contribution in [0.5, 0.6) is 0 Å². The second-order valence-corrected chi connectivity index (χ2v) is 7.44. The summed E-state index contributed by atoms with van der Waals surface area (Å²) >= 11 is 0. The molecule has 4 unspecified atom stereocenters. The maximum absolute atomic E-state index is 12.7. The molecule has 1 aliphatic rings. The fraction of sp³-hybridized carbons (Fsp3) is 0.611. The van der Waals surface area contributed by atoms with Gasteiger partial charge in [0, 0.05) is 6.42 Å². The summed E-state index contributed by atoms with van der Waals surface area (Å²) in [5.74, 6) is -7.58. The number of carboxylic acids is 2. The van der Waals surface area contributed by atoms with Gasteiger partial charge in [-0.05, 0) is 25.8 Å². The summed E-state index contributed by atoms with van der Waals surface area (Å²) in [5.41, 5.74) is 10.0. The van der Waals surface area contributed by atoms with E-state index in [1.807, 2.05) is 5.32 Å². The first-order valence-corrected chi connectivity index (χ1v) is 10.1. The minimum atomic E-state index is -1.75. The molecule has 1 saturated heterocycles. The lowest BCUT2D eigenvalue weighted by Crippen LogP contribution is -2.57. The molecule has 0 aromatic heterocycles. The van der Waals surface area contributed by atoms with E-state index in [0.717, 1.165) is 6.42 Å². The number of carbonyl (C=O) groups excluding carboxylic acids is 5. The van der Waals surface area contributed by atoms with Gasteiger partial charge in [-0.1, -0.05) is 0 Å². The highest BCUT2D eigenvalue weighted by molar-refractivity contribution is 5.96. The third kappa shape index (κ3) is 9.94. The summed E-state index contributed by atoms with van der Waals surface area (Å²) in [6, 6.07) is -5.38. The van der Waals surface area contributed by atoms with Crippen LogP contribution >= 0.6 is 0 Å². The quantitative estimate of drug-likeness (QED) is 0.121. The number of nitrogens with two attached hydrogens (primary N) is 2. The Bertz CT molecular complexity index is 796. The zero-order chi connectivity index (χ0) is 25.1. The molecule has 0 aromatic rings. The van der Waals surface area contributed by atoms with Gasteiger partial charge in [-0.25, -0.2) is 4.79 Å². The molecule has 0 bridgehead atoms. The molecule has 15 heteroatoms. The molecule has 0 saturated carbocycles. The van der Waals surface area contributed by atoms with Crippen molar-refractivity contribution in [2.75, 3.05) is 6.54 Å². The molecule has 5 amide bonds. The van der Waals surface area contributed by atoms with Crippen LogP contribution in [-0.4, -0.2) is 82.4 Å². The van der Waals surface area contributed by atoms with Gasteiger partial charge < -0.3 is 42.9 Å². The monoisotopic (exact) mass is 472 g/mol. The highest BCUT2D eigenvalue weighted by Crippen LogP contribution is 2.07. The molecule has 1 aliphatic heterocycles. The van der Waals surface area contributed by atoms with Crippen molar-refractivity contribution in [1.82, 2.24) is 21.3 Å². The largest absolute Gasteiger partial charge is 0.481 e. The Balaban J connectivity index is 2.96. The van der Waals surface area contributed by atoms with Gasteiger partial charge in [0.25, 0.3) is 0 Å². The number of hydrogen-bond donors (Lipinski definition) is 8. The number of nitrogens with one attached hydrogen (secondary N) is 4. The number of primary amides is 2. The Morgan fingerprint density at radius 1 is 0.848 bits per heavy atom. The SMILES string of the molecule is NC(=O)CCC(NC(=O)C1CCCN1)C(=O)NC(CC(=O)O)C(=O)NC(CC(N)=O)C(=O)O. The van der Waals surface area contributed by atoms with Crippen LogP contribution in [0.1, 0.15) is 38.5 Å². The van der Waals surface area contributed by atoms with E-state index in [1.54, 1.807) is 0 Å². The van der Waals surface area contributed by atoms with Crippen molar-refractivity contribution in [3.63, 3.8) is 0 Å². The molecular weight excluding hydrogens is 444 g/mol. The van der Waals surface area contributed by atoms with E-state index in [9.17, 15) is 33.6 Å². The number of carboxylic acid groups (broad SMARTS) is 2. The van der Waals surface area contributed by atoms with Crippen LogP contribution in [0.2, 0.25) is 0 Å². The van der Waals surface area contributed by atoms with Crippen molar-refractivity contribution in [2.45, 2.75) is 62.7 Å². The molecule has 15 nitrogen and oxygen atoms in total. The van der Waals surface area contributed by atoms with E-state index in [0.29, 0.717) is 13.0 Å². The van der Waals surface area contributed by atoms with E-state index in [-0.39, 0.29) is 12.8 Å². The van der Waals surface area contributed by atoms with Crippen molar-refractivity contribution in [3.05, 3.63) is 0 Å². The first kappa shape index (κ1) is 27.3. The number of amides is 5. The number of rotatable bonds is 14. The Morgan fingerprint density at radius 3 is 1.94 bits per heavy atom. The minimum Gasteiger partial charge on any atom is -0.481 e. The molecule has 0 spiro atoms. The zero-order valence-corrected chi connectivity index (χ0v) is 17.7. The fourth-order valence-corrected chi connectivity index (χ4v) is 3.07. The molecule has 4 atom stereocenters. The average molecular weight is 472 g/mol. The molecule has 1 heterocycles. The molecular formula is C18H28N6O9. The van der Waals surface area contributed by atoms with Crippen molar-refractivity contribution in [3.8, 4) is 0 Å². The van der Waals surface area contributed by atoms with Crippen LogP contribution in [0.3, 0.4) is 0 Å². The van der Waals surface area contributed by atoms with Gasteiger partial charge in [0.2, 0.25) is 29.5 Å². The smallest absolute Gasteiger partial charge is 0.326 e. The summed E-state index contributed by atoms with van der Waals surface area (Å²) in [6.07, 6.45) is -0.933. The number of aliphatic carboxylic acids is 2. The van der Waals surface area contributed by atoms with E-state index in [4.69, 9.17) is 21.7 Å². The third-order valence-corrected chi connectivity index (χ3v) is 4.72. The van der Waals surface area contributed by atoms with Crippen LogP contribution in [-0.2, 0) is 33.6 Å². The van der Waals surface area contributed by atoms with E-state index >= 15 is 0 Å². The van der Waals surface area contributed by atoms with Gasteiger partial charge in [-0.3, -0.25) is 28.8 Å². The second-order valence-electron chi connectivity index (χ2n) is 7.44. The van der Waals surface area contributed by atoms with Crippen LogP contribution in [0.25, 0.3) is 0 Å². The molecule has 184 valence electrons. The van der Waals surface area contributed by atoms with Crippen LogP contribution < -0.4 is 32.7 Å². The van der Waals surface area contributed by atoms with Gasteiger partial charge >= 0.3 is 11.9 Å². The van der Waals surface area contributed by atoms with Crippen molar-refractivity contribution in [1.29, 1.82) is 0 Å². The van der Waals surface area contributed by atoms with Gasteiger partial charge in [-0.15, -0.1) is 0 Å². The molecule has 33 heavy (non-hydrogen) atoms. The summed E-state index contributed by atoms with van der Waals surface area (Å²) in [4.78, 5) is 82.1. The predicted octanol–water partition coefficient (Wildman–Crippen LogP) is -4.11. The number of hydrogen-bond acceptors (Lipinski definition) is 8. The van der Waals surface area contributed by atoms with E-state index in [1.165, 1.54) is 0 Å². The summed E-state index contributed by atoms with van der Waals surface area (Å²) in [6.45, 7) is 0.604. The maximum Gasteiger partial charge on any atom is 0.326 e. The Kier molecular flexibility index (Phi) is 10.7. The molecule has 10 N–H and O–H groups in total. The molecule has 1 fully saturated rings. The highest BCUT2D eigenvalue weighted by atomic mass is 16.4. The topological polar surface area (TPSA) is 260 Å². The fourth-order valence-electron chi connectivity index (χ4n) is 3.07. The standard InChI is InChI=1S/C18H28N6O9/c19-12(25)4-3-9(22-15(29)8-2-1-5-21-8)16(30)23-10(7-14(27)28)17(31)24-11(18(32)33)6-13(20)26/h8-11,21H,1-7H2,(H2,19,25)(H2,20,26)(H,22,29)(H,23,30)(H,24,31)(H,27,28)(H,32,33). The zero-order valence-electron chi connectivity index (χ0n) is 17.7. The van der Waals surface area contributed by atoms with E-state index < -0.39 is 78.5 Å². The third-order valence-electron chi connectivity index (χ3n) is 4.72. The minimum absolute atomic E-state index is 0.222. The first-order chi connectivity index (χ1) is 15.4. The lowest BCUT2D eigenvalue weighted by atomic mass is 10.1. The van der Waals surface area contributed by atoms with Crippen LogP contribution in [0, 0.1) is 0 Å². The van der Waals surface area contributed by atoms with Crippen molar-refractivity contribution < 1.29 is 43.8 Å². The Morgan fingerprint density at radius 2 is 1.45 bits per heavy atom. The summed E-state index contributed by atoms with van der Waals surface area (Å²) in [5, 5.41) is 27.6. The maximum atomic E-state index is 12.7. The van der Waals surface area contributed by atoms with Gasteiger partial charge in [0.05, 0.1) is 18.9 Å². The molecule has 0 radical (unpaired) electrons. The van der Waals surface area contributed by atoms with Gasteiger partial charge in [0.1, 0.15) is 18.1 Å². The lowest BCUT2D eigenvalue weighted by Gasteiger charge is -2.24. The number of carbonyl (C=O) groups is 7. The summed E-state index contributed by atoms with van der Waals surface area (Å²) < 4.78 is 0. The predicted molar refractivity (Wildman–Crippen MR) is 109 cm³/mol. The van der Waals surface area contributed by atoms with E-state index in [2.05, 4.69) is 16.0 Å². The molecule has 1 rings (SSSR count). The Labute approximate surface area is 188 Å². The Hall–Kier alpha value is -3.75. The molecule has 0 aromatic carbocycles. The highest BCUT2D eigenvalue weighted by Gasteiger charge is 2.33. The summed E-state index contributed by atoms with van der Waals surface area (Å²) in [7, 11) is 0. The normalized spacial score (nSPS) is 17.8. The van der Waals surface area contributed by atoms with Gasteiger partial charge in [-0.2, -0.15) is 0 Å². The molecule has 0 aliphatic carbocycles. The van der Waals surface area contributed by atoms with Crippen LogP contribution in [0.15, 0.2) is 0 Å². The van der Waals surface area contributed by atoms with Crippen molar-refractivity contribution >= 4 is 41.5 Å².